The smallest absolute Gasteiger partial charge is 0.127 e. The van der Waals surface area contributed by atoms with Crippen LogP contribution in [-0.2, 0) is 4.79 Å². The SMILES string of the molecule is Cc1c[nH]cc1-c1ccccc1C(C)C=O. The minimum atomic E-state index is -0.0644. The van der Waals surface area contributed by atoms with Gasteiger partial charge in [-0.25, -0.2) is 0 Å². The van der Waals surface area contributed by atoms with E-state index in [2.05, 4.69) is 18.0 Å². The Morgan fingerprint density at radius 3 is 2.56 bits per heavy atom. The van der Waals surface area contributed by atoms with Crippen molar-refractivity contribution in [2.75, 3.05) is 0 Å². The van der Waals surface area contributed by atoms with E-state index in [1.54, 1.807) is 0 Å². The molecule has 0 radical (unpaired) electrons. The van der Waals surface area contributed by atoms with E-state index < -0.39 is 0 Å². The first-order valence-corrected chi connectivity index (χ1v) is 5.42. The van der Waals surface area contributed by atoms with Crippen LogP contribution in [0.5, 0.6) is 0 Å². The lowest BCUT2D eigenvalue weighted by atomic mass is 9.92. The van der Waals surface area contributed by atoms with Gasteiger partial charge >= 0.3 is 0 Å². The van der Waals surface area contributed by atoms with Crippen molar-refractivity contribution in [2.24, 2.45) is 0 Å². The van der Waals surface area contributed by atoms with Crippen LogP contribution in [0.2, 0.25) is 0 Å². The average Bonchev–Trinajstić information content (AvgIpc) is 2.74. The van der Waals surface area contributed by atoms with Crippen LogP contribution in [0.25, 0.3) is 11.1 Å². The standard InChI is InChI=1S/C14H15NO/c1-10-7-15-8-14(10)13-6-4-3-5-12(13)11(2)9-16/h3-9,11,15H,1-2H3. The topological polar surface area (TPSA) is 32.9 Å². The maximum Gasteiger partial charge on any atom is 0.127 e. The number of hydrogen-bond donors (Lipinski definition) is 1. The van der Waals surface area contributed by atoms with Crippen molar-refractivity contribution < 1.29 is 4.79 Å². The number of nitrogens with one attached hydrogen (secondary N) is 1. The van der Waals surface area contributed by atoms with Gasteiger partial charge in [0.2, 0.25) is 0 Å². The van der Waals surface area contributed by atoms with Crippen molar-refractivity contribution in [2.45, 2.75) is 19.8 Å². The Morgan fingerprint density at radius 2 is 1.94 bits per heavy atom. The van der Waals surface area contributed by atoms with E-state index in [-0.39, 0.29) is 5.92 Å². The fraction of sp³-hybridized carbons (Fsp3) is 0.214. The molecule has 0 aliphatic rings. The highest BCUT2D eigenvalue weighted by atomic mass is 16.1. The molecule has 1 heterocycles. The number of aromatic nitrogens is 1. The number of H-pyrrole nitrogens is 1. The summed E-state index contributed by atoms with van der Waals surface area (Å²) in [6, 6.07) is 8.05. The van der Waals surface area contributed by atoms with Gasteiger partial charge in [0.15, 0.2) is 0 Å². The van der Waals surface area contributed by atoms with Crippen LogP contribution in [0, 0.1) is 6.92 Å². The molecule has 1 aromatic heterocycles. The van der Waals surface area contributed by atoms with Crippen molar-refractivity contribution in [1.29, 1.82) is 0 Å². The van der Waals surface area contributed by atoms with Crippen molar-refractivity contribution in [3.8, 4) is 11.1 Å². The van der Waals surface area contributed by atoms with E-state index in [9.17, 15) is 4.79 Å². The number of hydrogen-bond acceptors (Lipinski definition) is 1. The summed E-state index contributed by atoms with van der Waals surface area (Å²) in [6.07, 6.45) is 4.93. The maximum absolute atomic E-state index is 10.9. The van der Waals surface area contributed by atoms with Crippen molar-refractivity contribution in [3.05, 3.63) is 47.8 Å². The second-order valence-electron chi connectivity index (χ2n) is 4.06. The zero-order chi connectivity index (χ0) is 11.5. The maximum atomic E-state index is 10.9. The predicted molar refractivity (Wildman–Crippen MR) is 65.4 cm³/mol. The molecule has 16 heavy (non-hydrogen) atoms. The van der Waals surface area contributed by atoms with E-state index in [0.29, 0.717) is 0 Å². The quantitative estimate of drug-likeness (QED) is 0.780. The van der Waals surface area contributed by atoms with Gasteiger partial charge in [0.05, 0.1) is 0 Å². The molecular formula is C14H15NO. The molecule has 1 N–H and O–H groups in total. The van der Waals surface area contributed by atoms with Crippen LogP contribution in [0.4, 0.5) is 0 Å². The number of aryl methyl sites for hydroxylation is 1. The van der Waals surface area contributed by atoms with Gasteiger partial charge < -0.3 is 9.78 Å². The molecule has 0 saturated carbocycles. The number of rotatable bonds is 3. The second-order valence-corrected chi connectivity index (χ2v) is 4.06. The lowest BCUT2D eigenvalue weighted by Crippen LogP contribution is -1.97. The zero-order valence-corrected chi connectivity index (χ0v) is 9.53. The Bertz CT molecular complexity index is 499. The highest BCUT2D eigenvalue weighted by Crippen LogP contribution is 2.30. The van der Waals surface area contributed by atoms with Crippen LogP contribution in [0.15, 0.2) is 36.7 Å². The molecule has 0 aliphatic carbocycles. The molecule has 2 heteroatoms. The van der Waals surface area contributed by atoms with Crippen molar-refractivity contribution in [1.82, 2.24) is 4.98 Å². The molecular weight excluding hydrogens is 198 g/mol. The highest BCUT2D eigenvalue weighted by Gasteiger charge is 2.12. The minimum Gasteiger partial charge on any atom is -0.367 e. The Kier molecular flexibility index (Phi) is 2.91. The summed E-state index contributed by atoms with van der Waals surface area (Å²) in [6.45, 7) is 3.99. The molecule has 0 aliphatic heterocycles. The lowest BCUT2D eigenvalue weighted by molar-refractivity contribution is -0.108. The molecule has 2 rings (SSSR count). The van der Waals surface area contributed by atoms with Gasteiger partial charge in [0.1, 0.15) is 6.29 Å². The molecule has 0 saturated heterocycles. The first-order chi connectivity index (χ1) is 7.74. The van der Waals surface area contributed by atoms with Crippen LogP contribution in [0.3, 0.4) is 0 Å². The third-order valence-corrected chi connectivity index (χ3v) is 2.90. The Labute approximate surface area is 95.3 Å². The third kappa shape index (κ3) is 1.78. The van der Waals surface area contributed by atoms with E-state index in [4.69, 9.17) is 0 Å². The molecule has 82 valence electrons. The van der Waals surface area contributed by atoms with Crippen molar-refractivity contribution in [3.63, 3.8) is 0 Å². The molecule has 0 bridgehead atoms. The van der Waals surface area contributed by atoms with Crippen molar-refractivity contribution >= 4 is 6.29 Å². The molecule has 0 fully saturated rings. The Balaban J connectivity index is 2.57. The van der Waals surface area contributed by atoms with Gasteiger partial charge in [-0.05, 0) is 23.6 Å². The van der Waals surface area contributed by atoms with E-state index >= 15 is 0 Å². The highest BCUT2D eigenvalue weighted by molar-refractivity contribution is 5.75. The van der Waals surface area contributed by atoms with Gasteiger partial charge in [-0.3, -0.25) is 0 Å². The summed E-state index contributed by atoms with van der Waals surface area (Å²) in [4.78, 5) is 14.0. The summed E-state index contributed by atoms with van der Waals surface area (Å²) in [5.74, 6) is -0.0644. The summed E-state index contributed by atoms with van der Waals surface area (Å²) >= 11 is 0. The van der Waals surface area contributed by atoms with Gasteiger partial charge in [0.25, 0.3) is 0 Å². The first-order valence-electron chi connectivity index (χ1n) is 5.42. The fourth-order valence-electron chi connectivity index (χ4n) is 1.94. The second kappa shape index (κ2) is 4.35. The molecule has 1 aromatic carbocycles. The van der Waals surface area contributed by atoms with Crippen LogP contribution in [0.1, 0.15) is 24.0 Å². The minimum absolute atomic E-state index is 0.0644. The lowest BCUT2D eigenvalue weighted by Gasteiger charge is -2.11. The molecule has 0 amide bonds. The number of carbonyl (C=O) groups excluding carboxylic acids is 1. The van der Waals surface area contributed by atoms with Crippen LogP contribution >= 0.6 is 0 Å². The predicted octanol–water partition coefficient (Wildman–Crippen LogP) is 3.29. The molecule has 1 unspecified atom stereocenters. The zero-order valence-electron chi connectivity index (χ0n) is 9.53. The largest absolute Gasteiger partial charge is 0.367 e. The molecule has 2 aromatic rings. The van der Waals surface area contributed by atoms with Crippen LogP contribution < -0.4 is 0 Å². The van der Waals surface area contributed by atoms with E-state index in [1.807, 2.05) is 37.5 Å². The third-order valence-electron chi connectivity index (χ3n) is 2.90. The number of aromatic amines is 1. The summed E-state index contributed by atoms with van der Waals surface area (Å²) in [7, 11) is 0. The number of benzene rings is 1. The Morgan fingerprint density at radius 1 is 1.19 bits per heavy atom. The fourth-order valence-corrected chi connectivity index (χ4v) is 1.94. The van der Waals surface area contributed by atoms with Gasteiger partial charge in [0, 0.05) is 23.9 Å². The first kappa shape index (κ1) is 10.7. The van der Waals surface area contributed by atoms with Crippen LogP contribution in [-0.4, -0.2) is 11.3 Å². The molecule has 2 nitrogen and oxygen atoms in total. The molecule has 1 atom stereocenters. The number of aldehydes is 1. The summed E-state index contributed by atoms with van der Waals surface area (Å²) in [5, 5.41) is 0. The van der Waals surface area contributed by atoms with E-state index in [0.717, 1.165) is 17.4 Å². The number of carbonyl (C=O) groups is 1. The summed E-state index contributed by atoms with van der Waals surface area (Å²) in [5.41, 5.74) is 4.59. The average molecular weight is 213 g/mol. The van der Waals surface area contributed by atoms with Gasteiger partial charge in [-0.15, -0.1) is 0 Å². The summed E-state index contributed by atoms with van der Waals surface area (Å²) < 4.78 is 0. The normalized spacial score (nSPS) is 12.4. The van der Waals surface area contributed by atoms with E-state index in [1.165, 1.54) is 11.1 Å². The van der Waals surface area contributed by atoms with Gasteiger partial charge in [-0.1, -0.05) is 31.2 Å². The Hall–Kier alpha value is -1.83. The monoisotopic (exact) mass is 213 g/mol. The van der Waals surface area contributed by atoms with Gasteiger partial charge in [-0.2, -0.15) is 0 Å². The molecule has 0 spiro atoms.